The number of hydrogen-bond donors (Lipinski definition) is 0. The highest BCUT2D eigenvalue weighted by atomic mass is 79.9. The molecule has 0 aliphatic heterocycles. The highest BCUT2D eigenvalue weighted by molar-refractivity contribution is 9.10. The minimum Gasteiger partial charge on any atom is -0.482 e. The molecule has 0 aliphatic rings. The minimum atomic E-state index is -0.315. The average Bonchev–Trinajstić information content (AvgIpc) is 2.89. The minimum absolute atomic E-state index is 0.146. The Hall–Kier alpha value is -1.92. The number of carbonyl (C=O) groups excluding carboxylic acids is 1. The van der Waals surface area contributed by atoms with Gasteiger partial charge in [0.05, 0.1) is 9.99 Å². The largest absolute Gasteiger partial charge is 0.482 e. The van der Waals surface area contributed by atoms with Crippen LogP contribution >= 0.6 is 27.5 Å². The van der Waals surface area contributed by atoms with Gasteiger partial charge in [0.2, 0.25) is 0 Å². The van der Waals surface area contributed by atoms with E-state index in [1.54, 1.807) is 12.1 Å². The van der Waals surface area contributed by atoms with Gasteiger partial charge in [0.1, 0.15) is 11.3 Å². The van der Waals surface area contributed by atoms with Crippen LogP contribution in [0.2, 0.25) is 5.02 Å². The van der Waals surface area contributed by atoms with E-state index in [2.05, 4.69) is 26.2 Å². The summed E-state index contributed by atoms with van der Waals surface area (Å²) in [6.07, 6.45) is 0. The molecule has 24 heavy (non-hydrogen) atoms. The number of rotatable bonds is 3. The molecule has 0 amide bonds. The summed E-state index contributed by atoms with van der Waals surface area (Å²) >= 11 is 9.60. The molecule has 1 heterocycles. The number of carbonyl (C=O) groups is 1. The van der Waals surface area contributed by atoms with E-state index in [-0.39, 0.29) is 12.5 Å². The number of halogens is 2. The monoisotopic (exact) mass is 407 g/mol. The molecule has 0 spiro atoms. The predicted octanol–water partition coefficient (Wildman–Crippen LogP) is 4.49. The second-order valence-electron chi connectivity index (χ2n) is 5.67. The summed E-state index contributed by atoms with van der Waals surface area (Å²) < 4.78 is 7.73. The van der Waals surface area contributed by atoms with Crippen molar-refractivity contribution >= 4 is 44.5 Å². The Kier molecular flexibility index (Phi) is 4.60. The first-order chi connectivity index (χ1) is 11.4. The molecule has 0 aliphatic carbocycles. The summed E-state index contributed by atoms with van der Waals surface area (Å²) in [4.78, 5) is 12.5. The van der Waals surface area contributed by atoms with E-state index < -0.39 is 0 Å². The molecule has 0 saturated carbocycles. The van der Waals surface area contributed by atoms with Gasteiger partial charge in [0.25, 0.3) is 5.91 Å². The van der Waals surface area contributed by atoms with Crippen LogP contribution in [0.15, 0.2) is 28.7 Å². The lowest BCUT2D eigenvalue weighted by atomic mass is 10.1. The van der Waals surface area contributed by atoms with Crippen LogP contribution in [0.5, 0.6) is 5.75 Å². The van der Waals surface area contributed by atoms with Gasteiger partial charge in [0, 0.05) is 5.02 Å². The van der Waals surface area contributed by atoms with Crippen LogP contribution in [-0.4, -0.2) is 27.5 Å². The van der Waals surface area contributed by atoms with Crippen molar-refractivity contribution in [3.8, 4) is 5.75 Å². The van der Waals surface area contributed by atoms with Crippen molar-refractivity contribution in [3.05, 3.63) is 50.5 Å². The molecule has 1 aromatic heterocycles. The first kappa shape index (κ1) is 16.9. The molecule has 3 rings (SSSR count). The van der Waals surface area contributed by atoms with Crippen molar-refractivity contribution < 1.29 is 9.53 Å². The van der Waals surface area contributed by atoms with Gasteiger partial charge in [-0.05, 0) is 71.6 Å². The molecule has 0 bridgehead atoms. The molecule has 0 N–H and O–H groups in total. The fraction of sp³-hybridized carbons (Fsp3) is 0.235. The Morgan fingerprint density at radius 3 is 2.67 bits per heavy atom. The maximum atomic E-state index is 12.5. The number of fused-ring (bicyclic) bond motifs is 1. The maximum Gasteiger partial charge on any atom is 0.286 e. The fourth-order valence-corrected chi connectivity index (χ4v) is 3.46. The van der Waals surface area contributed by atoms with Gasteiger partial charge >= 0.3 is 0 Å². The number of benzene rings is 2. The predicted molar refractivity (Wildman–Crippen MR) is 97.0 cm³/mol. The van der Waals surface area contributed by atoms with Gasteiger partial charge in [-0.15, -0.1) is 5.10 Å². The zero-order valence-electron chi connectivity index (χ0n) is 13.4. The van der Waals surface area contributed by atoms with E-state index in [0.717, 1.165) is 21.2 Å². The Balaban J connectivity index is 1.85. The molecule has 0 unspecified atom stereocenters. The molecule has 5 nitrogen and oxygen atoms in total. The average molecular weight is 409 g/mol. The third kappa shape index (κ3) is 3.16. The van der Waals surface area contributed by atoms with E-state index in [4.69, 9.17) is 16.3 Å². The van der Waals surface area contributed by atoms with Crippen LogP contribution in [0.3, 0.4) is 0 Å². The van der Waals surface area contributed by atoms with Crippen LogP contribution in [-0.2, 0) is 0 Å². The van der Waals surface area contributed by atoms with Gasteiger partial charge in [-0.1, -0.05) is 22.9 Å². The summed E-state index contributed by atoms with van der Waals surface area (Å²) in [7, 11) is 0. The zero-order valence-corrected chi connectivity index (χ0v) is 15.8. The van der Waals surface area contributed by atoms with Crippen molar-refractivity contribution in [2.45, 2.75) is 20.8 Å². The molecule has 124 valence electrons. The quantitative estimate of drug-likeness (QED) is 0.640. The van der Waals surface area contributed by atoms with Crippen molar-refractivity contribution in [3.63, 3.8) is 0 Å². The molecule has 0 fully saturated rings. The molecule has 0 atom stereocenters. The Morgan fingerprint density at radius 2 is 1.96 bits per heavy atom. The molecular formula is C17H15BrClN3O2. The standard InChI is InChI=1S/C17H15BrClN3O2/c1-9-4-11(3)17(12(18)5-9)24-8-16(23)22-15-7-13(19)10(2)6-14(15)20-21-22/h4-7H,8H2,1-3H3. The van der Waals surface area contributed by atoms with Crippen molar-refractivity contribution in [2.24, 2.45) is 0 Å². The zero-order chi connectivity index (χ0) is 17.4. The lowest BCUT2D eigenvalue weighted by molar-refractivity contribution is 0.0823. The lowest BCUT2D eigenvalue weighted by Crippen LogP contribution is -2.21. The van der Waals surface area contributed by atoms with E-state index >= 15 is 0 Å². The molecule has 3 aromatic rings. The normalized spacial score (nSPS) is 11.0. The van der Waals surface area contributed by atoms with E-state index in [0.29, 0.717) is 21.8 Å². The first-order valence-electron chi connectivity index (χ1n) is 7.31. The number of ether oxygens (including phenoxy) is 1. The van der Waals surface area contributed by atoms with E-state index in [1.165, 1.54) is 4.68 Å². The van der Waals surface area contributed by atoms with E-state index in [9.17, 15) is 4.79 Å². The molecular weight excluding hydrogens is 394 g/mol. The molecule has 2 aromatic carbocycles. The van der Waals surface area contributed by atoms with Crippen LogP contribution in [0.1, 0.15) is 21.5 Å². The van der Waals surface area contributed by atoms with Gasteiger partial charge in [-0.3, -0.25) is 4.79 Å². The van der Waals surface area contributed by atoms with Gasteiger partial charge in [-0.2, -0.15) is 4.68 Å². The fourth-order valence-electron chi connectivity index (χ4n) is 2.51. The molecule has 7 heteroatoms. The molecule has 0 saturated heterocycles. The van der Waals surface area contributed by atoms with Gasteiger partial charge in [-0.25, -0.2) is 0 Å². The summed E-state index contributed by atoms with van der Waals surface area (Å²) in [5, 5.41) is 8.49. The van der Waals surface area contributed by atoms with Crippen molar-refractivity contribution in [1.82, 2.24) is 15.0 Å². The number of aryl methyl sites for hydroxylation is 3. The van der Waals surface area contributed by atoms with Crippen LogP contribution < -0.4 is 4.74 Å². The van der Waals surface area contributed by atoms with Crippen LogP contribution in [0.4, 0.5) is 0 Å². The third-order valence-electron chi connectivity index (χ3n) is 3.68. The van der Waals surface area contributed by atoms with Crippen molar-refractivity contribution in [1.29, 1.82) is 0 Å². The van der Waals surface area contributed by atoms with Gasteiger partial charge in [0.15, 0.2) is 6.61 Å². The lowest BCUT2D eigenvalue weighted by Gasteiger charge is -2.11. The highest BCUT2D eigenvalue weighted by Gasteiger charge is 2.15. The second-order valence-corrected chi connectivity index (χ2v) is 6.93. The summed E-state index contributed by atoms with van der Waals surface area (Å²) in [5.41, 5.74) is 4.15. The Bertz CT molecular complexity index is 929. The van der Waals surface area contributed by atoms with Crippen molar-refractivity contribution in [2.75, 3.05) is 6.61 Å². The van der Waals surface area contributed by atoms with Crippen LogP contribution in [0.25, 0.3) is 11.0 Å². The van der Waals surface area contributed by atoms with Crippen LogP contribution in [0, 0.1) is 20.8 Å². The summed E-state index contributed by atoms with van der Waals surface area (Å²) in [5.74, 6) is 0.330. The number of hydrogen-bond acceptors (Lipinski definition) is 4. The number of aromatic nitrogens is 3. The maximum absolute atomic E-state index is 12.5. The Morgan fingerprint density at radius 1 is 1.21 bits per heavy atom. The number of nitrogens with zero attached hydrogens (tertiary/aromatic N) is 3. The Labute approximate surface area is 152 Å². The summed E-state index contributed by atoms with van der Waals surface area (Å²) in [6.45, 7) is 5.67. The van der Waals surface area contributed by atoms with Gasteiger partial charge < -0.3 is 4.74 Å². The SMILES string of the molecule is Cc1cc(C)c(OCC(=O)n2nnc3cc(C)c(Cl)cc32)c(Br)c1. The second kappa shape index (κ2) is 6.53. The van der Waals surface area contributed by atoms with E-state index in [1.807, 2.05) is 32.9 Å². The third-order valence-corrected chi connectivity index (χ3v) is 4.67. The molecule has 0 radical (unpaired) electrons. The highest BCUT2D eigenvalue weighted by Crippen LogP contribution is 2.30. The first-order valence-corrected chi connectivity index (χ1v) is 8.48. The summed E-state index contributed by atoms with van der Waals surface area (Å²) in [6, 6.07) is 7.44. The smallest absolute Gasteiger partial charge is 0.286 e. The topological polar surface area (TPSA) is 57.0 Å².